The van der Waals surface area contributed by atoms with Gasteiger partial charge in [0.1, 0.15) is 6.54 Å². The number of aromatic amines is 1. The Morgan fingerprint density at radius 2 is 1.95 bits per heavy atom. The number of aryl methyl sites for hydroxylation is 1. The van der Waals surface area contributed by atoms with Crippen molar-refractivity contribution < 1.29 is 23.1 Å². The number of anilines is 1. The first kappa shape index (κ1) is 27.1. The Kier molecular flexibility index (Phi) is 7.21. The highest BCUT2D eigenvalue weighted by atomic mass is 32.1. The van der Waals surface area contributed by atoms with Crippen molar-refractivity contribution in [2.24, 2.45) is 10.7 Å². The molecule has 202 valence electrons. The third-order valence-electron chi connectivity index (χ3n) is 5.72. The molecule has 5 N–H and O–H groups in total. The molecule has 38 heavy (non-hydrogen) atoms. The Labute approximate surface area is 218 Å². The molecule has 10 nitrogen and oxygen atoms in total. The van der Waals surface area contributed by atoms with Crippen LogP contribution in [-0.4, -0.2) is 55.2 Å². The highest BCUT2D eigenvalue weighted by molar-refractivity contribution is 7.15. The van der Waals surface area contributed by atoms with E-state index in [0.717, 1.165) is 4.88 Å². The summed E-state index contributed by atoms with van der Waals surface area (Å²) >= 11 is 1.20. The number of amides is 1. The molecule has 0 radical (unpaired) electrons. The van der Waals surface area contributed by atoms with E-state index in [0.29, 0.717) is 26.1 Å². The van der Waals surface area contributed by atoms with E-state index < -0.39 is 29.9 Å². The average Bonchev–Trinajstić information content (AvgIpc) is 3.50. The number of hydrogen-bond donors (Lipinski definition) is 4. The number of hydrogen-bond acceptors (Lipinski definition) is 7. The van der Waals surface area contributed by atoms with Crippen molar-refractivity contribution >= 4 is 57.0 Å². The third-order valence-corrected chi connectivity index (χ3v) is 6.85. The number of aromatic nitrogens is 4. The van der Waals surface area contributed by atoms with E-state index in [1.807, 2.05) is 0 Å². The number of carbonyl (C=O) groups excluding carboxylic acids is 1. The van der Waals surface area contributed by atoms with Gasteiger partial charge in [0.05, 0.1) is 32.5 Å². The molecular formula is C24H26F3N7O3S. The van der Waals surface area contributed by atoms with Gasteiger partial charge in [0, 0.05) is 36.5 Å². The number of imidazole rings is 2. The van der Waals surface area contributed by atoms with E-state index in [1.54, 1.807) is 43.8 Å². The summed E-state index contributed by atoms with van der Waals surface area (Å²) in [5.41, 5.74) is 5.31. The molecule has 0 aliphatic rings. The molecule has 0 fully saturated rings. The third kappa shape index (κ3) is 5.81. The first-order chi connectivity index (χ1) is 17.8. The van der Waals surface area contributed by atoms with Crippen LogP contribution in [0.15, 0.2) is 40.3 Å². The van der Waals surface area contributed by atoms with Gasteiger partial charge < -0.3 is 20.4 Å². The Hall–Kier alpha value is -3.91. The van der Waals surface area contributed by atoms with Gasteiger partial charge >= 0.3 is 11.9 Å². The minimum Gasteiger partial charge on any atom is -0.404 e. The number of fused-ring (bicyclic) bond motifs is 2. The number of nitrogens with two attached hydrogens (primary N) is 1. The van der Waals surface area contributed by atoms with Crippen molar-refractivity contribution in [3.63, 3.8) is 0 Å². The molecule has 0 unspecified atom stereocenters. The summed E-state index contributed by atoms with van der Waals surface area (Å²) < 4.78 is 41.6. The van der Waals surface area contributed by atoms with Crippen LogP contribution in [0.5, 0.6) is 0 Å². The monoisotopic (exact) mass is 549 g/mol. The van der Waals surface area contributed by atoms with Gasteiger partial charge in [-0.05, 0) is 44.5 Å². The van der Waals surface area contributed by atoms with Crippen LogP contribution in [0.3, 0.4) is 0 Å². The molecular weight excluding hydrogens is 523 g/mol. The van der Waals surface area contributed by atoms with Crippen molar-refractivity contribution in [3.05, 3.63) is 50.7 Å². The van der Waals surface area contributed by atoms with Crippen molar-refractivity contribution in [3.8, 4) is 0 Å². The summed E-state index contributed by atoms with van der Waals surface area (Å²) in [4.78, 5) is 37.3. The van der Waals surface area contributed by atoms with Gasteiger partial charge in [0.15, 0.2) is 0 Å². The zero-order valence-electron chi connectivity index (χ0n) is 20.8. The second-order valence-electron chi connectivity index (χ2n) is 9.27. The molecule has 0 atom stereocenters. The van der Waals surface area contributed by atoms with Gasteiger partial charge in [-0.2, -0.15) is 13.2 Å². The first-order valence-corrected chi connectivity index (χ1v) is 12.3. The zero-order valence-corrected chi connectivity index (χ0v) is 21.6. The highest BCUT2D eigenvalue weighted by Crippen LogP contribution is 2.29. The minimum absolute atomic E-state index is 0.0451. The maximum Gasteiger partial charge on any atom is 0.406 e. The number of allylic oxidation sites excluding steroid dienone is 1. The molecule has 4 aromatic rings. The number of aliphatic hydroxyl groups is 1. The molecule has 3 aromatic heterocycles. The fourth-order valence-electron chi connectivity index (χ4n) is 3.93. The lowest BCUT2D eigenvalue weighted by molar-refractivity contribution is -0.140. The predicted octanol–water partition coefficient (Wildman–Crippen LogP) is 3.72. The SMILES string of the molecule is CN=CC(=CN)c1ccc(C(=O)Nc2nc3cc4[nH]c(=O)n(CC(F)(F)F)c4cc3n2CCC(C)(C)O)s1. The summed E-state index contributed by atoms with van der Waals surface area (Å²) in [6.07, 6.45) is -1.39. The average molecular weight is 550 g/mol. The molecule has 3 heterocycles. The molecule has 0 saturated carbocycles. The number of thiophene rings is 1. The van der Waals surface area contributed by atoms with E-state index in [-0.39, 0.29) is 29.9 Å². The Morgan fingerprint density at radius 1 is 1.24 bits per heavy atom. The van der Waals surface area contributed by atoms with Crippen molar-refractivity contribution in [1.29, 1.82) is 0 Å². The lowest BCUT2D eigenvalue weighted by atomic mass is 10.1. The van der Waals surface area contributed by atoms with Crippen molar-refractivity contribution in [1.82, 2.24) is 19.1 Å². The number of H-pyrrole nitrogens is 1. The normalized spacial score (nSPS) is 13.3. The quantitative estimate of drug-likeness (QED) is 0.248. The van der Waals surface area contributed by atoms with E-state index in [1.165, 1.54) is 29.7 Å². The van der Waals surface area contributed by atoms with Crippen LogP contribution >= 0.6 is 11.3 Å². The summed E-state index contributed by atoms with van der Waals surface area (Å²) in [7, 11) is 1.60. The minimum atomic E-state index is -4.60. The number of nitrogens with zero attached hydrogens (tertiary/aromatic N) is 4. The highest BCUT2D eigenvalue weighted by Gasteiger charge is 2.30. The van der Waals surface area contributed by atoms with Crippen molar-refractivity contribution in [2.45, 2.75) is 45.1 Å². The number of benzene rings is 1. The molecule has 4 rings (SSSR count). The topological polar surface area (TPSA) is 143 Å². The Balaban J connectivity index is 1.77. The van der Waals surface area contributed by atoms with Gasteiger partial charge in [0.25, 0.3) is 5.91 Å². The van der Waals surface area contributed by atoms with Crippen LogP contribution in [0.4, 0.5) is 19.1 Å². The predicted molar refractivity (Wildman–Crippen MR) is 142 cm³/mol. The fourth-order valence-corrected chi connectivity index (χ4v) is 4.82. The van der Waals surface area contributed by atoms with Gasteiger partial charge in [-0.1, -0.05) is 0 Å². The first-order valence-electron chi connectivity index (χ1n) is 11.5. The smallest absolute Gasteiger partial charge is 0.404 e. The Morgan fingerprint density at radius 3 is 2.58 bits per heavy atom. The lowest BCUT2D eigenvalue weighted by Gasteiger charge is -2.18. The van der Waals surface area contributed by atoms with Crippen LogP contribution in [-0.2, 0) is 13.1 Å². The number of aliphatic imine (C=N–C) groups is 1. The maximum absolute atomic E-state index is 13.1. The van der Waals surface area contributed by atoms with Crippen LogP contribution < -0.4 is 16.7 Å². The summed E-state index contributed by atoms with van der Waals surface area (Å²) in [5.74, 6) is -0.309. The number of rotatable bonds is 8. The number of carbonyl (C=O) groups is 1. The number of nitrogens with one attached hydrogen (secondary N) is 2. The molecule has 14 heteroatoms. The molecule has 0 spiro atoms. The van der Waals surface area contributed by atoms with Crippen LogP contribution in [0.2, 0.25) is 0 Å². The van der Waals surface area contributed by atoms with Crippen LogP contribution in [0, 0.1) is 0 Å². The molecule has 0 aliphatic carbocycles. The molecule has 1 aromatic carbocycles. The summed E-state index contributed by atoms with van der Waals surface area (Å²) in [6, 6.07) is 6.25. The van der Waals surface area contributed by atoms with Gasteiger partial charge in [-0.25, -0.2) is 9.78 Å². The maximum atomic E-state index is 13.1. The summed E-state index contributed by atoms with van der Waals surface area (Å²) in [5, 5.41) is 13.1. The molecule has 0 aliphatic heterocycles. The van der Waals surface area contributed by atoms with E-state index in [4.69, 9.17) is 5.73 Å². The second kappa shape index (κ2) is 10.1. The molecule has 0 bridgehead atoms. The number of alkyl halides is 3. The van der Waals surface area contributed by atoms with E-state index in [2.05, 4.69) is 20.3 Å². The zero-order chi connectivity index (χ0) is 27.8. The van der Waals surface area contributed by atoms with Gasteiger partial charge in [-0.3, -0.25) is 19.7 Å². The van der Waals surface area contributed by atoms with E-state index >= 15 is 0 Å². The number of halogens is 3. The Bertz CT molecular complexity index is 1620. The standard InChI is InChI=1S/C24H26F3N7O3S/c1-23(2,37)6-7-33-16-9-17-15(31-22(36)34(17)12-24(25,26)27)8-14(16)30-21(33)32-20(35)19-5-4-18(38-19)13(10-28)11-29-3/h4-5,8-11,37H,6-7,12,28H2,1-3H3,(H,31,36)(H,30,32,35). The fraction of sp³-hybridized carbons (Fsp3) is 0.333. The molecule has 1 amide bonds. The molecule has 0 saturated heterocycles. The summed E-state index contributed by atoms with van der Waals surface area (Å²) in [6.45, 7) is 1.97. The lowest BCUT2D eigenvalue weighted by Crippen LogP contribution is -2.26. The van der Waals surface area contributed by atoms with Crippen LogP contribution in [0.25, 0.3) is 27.6 Å². The largest absolute Gasteiger partial charge is 0.406 e. The van der Waals surface area contributed by atoms with Crippen molar-refractivity contribution in [2.75, 3.05) is 12.4 Å². The van der Waals surface area contributed by atoms with Gasteiger partial charge in [-0.15, -0.1) is 11.3 Å². The van der Waals surface area contributed by atoms with Gasteiger partial charge in [0.2, 0.25) is 5.95 Å². The second-order valence-corrected chi connectivity index (χ2v) is 10.4. The van der Waals surface area contributed by atoms with Crippen LogP contribution in [0.1, 0.15) is 34.8 Å². The van der Waals surface area contributed by atoms with E-state index in [9.17, 15) is 27.9 Å².